The number of nitrogens with one attached hydrogen (secondary N) is 1. The number of aliphatic imine (C=N–C) groups is 1. The number of ether oxygens (including phenoxy) is 2. The van der Waals surface area contributed by atoms with Gasteiger partial charge in [0.1, 0.15) is 41.7 Å². The summed E-state index contributed by atoms with van der Waals surface area (Å²) in [6.45, 7) is 3.85. The van der Waals surface area contributed by atoms with Crippen molar-refractivity contribution in [2.24, 2.45) is 10.9 Å². The number of halogens is 1. The van der Waals surface area contributed by atoms with Crippen LogP contribution in [0, 0.1) is 23.1 Å². The van der Waals surface area contributed by atoms with Crippen molar-refractivity contribution in [3.8, 4) is 6.07 Å². The molecule has 1 aromatic heterocycles. The Bertz CT molecular complexity index is 1090. The minimum Gasteiger partial charge on any atom is -0.497 e. The van der Waals surface area contributed by atoms with E-state index in [0.717, 1.165) is 0 Å². The van der Waals surface area contributed by atoms with Crippen molar-refractivity contribution in [2.45, 2.75) is 19.4 Å². The average molecular weight is 392 g/mol. The number of amides is 1. The quantitative estimate of drug-likeness (QED) is 0.862. The Hall–Kier alpha value is -3.73. The molecule has 0 radical (unpaired) electrons. The van der Waals surface area contributed by atoms with Crippen LogP contribution >= 0.6 is 0 Å². The number of pyridine rings is 1. The van der Waals surface area contributed by atoms with Crippen molar-refractivity contribution < 1.29 is 18.7 Å². The Morgan fingerprint density at radius 1 is 1.38 bits per heavy atom. The van der Waals surface area contributed by atoms with E-state index in [1.165, 1.54) is 36.7 Å². The summed E-state index contributed by atoms with van der Waals surface area (Å²) in [7, 11) is 0. The fraction of sp³-hybridized carbons (Fsp3) is 0.238. The zero-order valence-electron chi connectivity index (χ0n) is 15.8. The summed E-state index contributed by atoms with van der Waals surface area (Å²) in [5.74, 6) is -0.154. The molecule has 2 aliphatic heterocycles. The fourth-order valence-electron chi connectivity index (χ4n) is 3.55. The highest BCUT2D eigenvalue weighted by Crippen LogP contribution is 2.45. The van der Waals surface area contributed by atoms with E-state index < -0.39 is 17.3 Å². The van der Waals surface area contributed by atoms with Crippen LogP contribution in [0.3, 0.4) is 0 Å². The molecule has 3 heterocycles. The molecule has 8 heteroatoms. The number of benzene rings is 1. The van der Waals surface area contributed by atoms with Gasteiger partial charge < -0.3 is 14.8 Å². The molecule has 146 valence electrons. The number of hydrogen-bond acceptors (Lipinski definition) is 6. The van der Waals surface area contributed by atoms with Crippen LogP contribution in [0.25, 0.3) is 0 Å². The highest BCUT2D eigenvalue weighted by Gasteiger charge is 2.47. The van der Waals surface area contributed by atoms with E-state index in [1.54, 1.807) is 13.0 Å². The lowest BCUT2D eigenvalue weighted by molar-refractivity contribution is 0.102. The van der Waals surface area contributed by atoms with Crippen LogP contribution in [0.1, 0.15) is 35.5 Å². The molecule has 29 heavy (non-hydrogen) atoms. The summed E-state index contributed by atoms with van der Waals surface area (Å²) in [6, 6.07) is 9.24. The standard InChI is InChI=1S/C21H17FN4O3/c1-12-26-21(2,16-10-28-11-19(16)29-12)15-7-14(4-5-17(15)22)25-20(27)18-6-3-13(8-23)9-24-18/h3-7,9,11,16H,10H2,1-2H3,(H,25,27). The molecule has 0 fully saturated rings. The van der Waals surface area contributed by atoms with Crippen LogP contribution < -0.4 is 5.32 Å². The second kappa shape index (κ2) is 7.02. The maximum Gasteiger partial charge on any atom is 0.274 e. The van der Waals surface area contributed by atoms with Gasteiger partial charge in [-0.25, -0.2) is 14.4 Å². The summed E-state index contributed by atoms with van der Waals surface area (Å²) in [5.41, 5.74) is 0.293. The maximum atomic E-state index is 14.8. The number of fused-ring (bicyclic) bond motifs is 1. The predicted octanol–water partition coefficient (Wildman–Crippen LogP) is 3.50. The second-order valence-corrected chi connectivity index (χ2v) is 6.98. The van der Waals surface area contributed by atoms with Gasteiger partial charge in [-0.05, 0) is 37.3 Å². The first-order chi connectivity index (χ1) is 13.9. The lowest BCUT2D eigenvalue weighted by Gasteiger charge is -2.36. The van der Waals surface area contributed by atoms with E-state index in [2.05, 4.69) is 15.3 Å². The Morgan fingerprint density at radius 2 is 2.21 bits per heavy atom. The molecule has 2 aliphatic rings. The van der Waals surface area contributed by atoms with Gasteiger partial charge in [-0.15, -0.1) is 0 Å². The molecule has 1 amide bonds. The molecule has 2 aromatic rings. The molecule has 0 spiro atoms. The first-order valence-electron chi connectivity index (χ1n) is 8.94. The molecule has 0 saturated carbocycles. The van der Waals surface area contributed by atoms with Gasteiger partial charge in [0.15, 0.2) is 5.90 Å². The van der Waals surface area contributed by atoms with Crippen LogP contribution in [0.15, 0.2) is 53.5 Å². The number of aromatic nitrogens is 1. The van der Waals surface area contributed by atoms with Gasteiger partial charge in [0, 0.05) is 24.4 Å². The molecular formula is C21H17FN4O3. The summed E-state index contributed by atoms with van der Waals surface area (Å²) >= 11 is 0. The first kappa shape index (κ1) is 18.6. The Kier molecular flexibility index (Phi) is 4.51. The summed E-state index contributed by atoms with van der Waals surface area (Å²) in [6.07, 6.45) is 2.85. The van der Waals surface area contributed by atoms with Gasteiger partial charge in [-0.3, -0.25) is 4.79 Å². The Balaban J connectivity index is 1.66. The molecular weight excluding hydrogens is 375 g/mol. The van der Waals surface area contributed by atoms with Crippen LogP contribution in [-0.2, 0) is 15.0 Å². The predicted molar refractivity (Wildman–Crippen MR) is 102 cm³/mol. The lowest BCUT2D eigenvalue weighted by Crippen LogP contribution is -2.38. The number of hydrogen-bond donors (Lipinski definition) is 1. The topological polar surface area (TPSA) is 96.6 Å². The van der Waals surface area contributed by atoms with Gasteiger partial charge in [-0.2, -0.15) is 5.26 Å². The molecule has 0 aliphatic carbocycles. The van der Waals surface area contributed by atoms with Crippen LogP contribution in [0.4, 0.5) is 10.1 Å². The molecule has 1 aromatic carbocycles. The smallest absolute Gasteiger partial charge is 0.274 e. The zero-order valence-corrected chi connectivity index (χ0v) is 15.8. The van der Waals surface area contributed by atoms with Crippen molar-refractivity contribution in [1.29, 1.82) is 5.26 Å². The number of carbonyl (C=O) groups is 1. The van der Waals surface area contributed by atoms with E-state index in [1.807, 2.05) is 13.0 Å². The monoisotopic (exact) mass is 392 g/mol. The summed E-state index contributed by atoms with van der Waals surface area (Å²) in [5, 5.41) is 11.5. The number of rotatable bonds is 3. The Morgan fingerprint density at radius 3 is 2.93 bits per heavy atom. The number of anilines is 1. The molecule has 2 unspecified atom stereocenters. The third kappa shape index (κ3) is 3.31. The Labute approximate surface area is 166 Å². The van der Waals surface area contributed by atoms with Crippen molar-refractivity contribution >= 4 is 17.5 Å². The third-order valence-electron chi connectivity index (χ3n) is 5.03. The minimum atomic E-state index is -0.942. The van der Waals surface area contributed by atoms with E-state index in [0.29, 0.717) is 35.1 Å². The SMILES string of the molecule is CC1=NC(C)(c2cc(NC(=O)c3ccc(C#N)cn3)ccc2F)C2COC=C2O1. The van der Waals surface area contributed by atoms with Gasteiger partial charge in [-0.1, -0.05) is 0 Å². The average Bonchev–Trinajstić information content (AvgIpc) is 3.18. The summed E-state index contributed by atoms with van der Waals surface area (Å²) in [4.78, 5) is 21.0. The molecule has 7 nitrogen and oxygen atoms in total. The fourth-order valence-corrected chi connectivity index (χ4v) is 3.55. The second-order valence-electron chi connectivity index (χ2n) is 6.98. The lowest BCUT2D eigenvalue weighted by atomic mass is 9.78. The highest BCUT2D eigenvalue weighted by atomic mass is 19.1. The molecule has 0 bridgehead atoms. The number of nitriles is 1. The van der Waals surface area contributed by atoms with Gasteiger partial charge in [0.05, 0.1) is 11.5 Å². The van der Waals surface area contributed by atoms with E-state index in [9.17, 15) is 9.18 Å². The van der Waals surface area contributed by atoms with Crippen LogP contribution in [0.5, 0.6) is 0 Å². The van der Waals surface area contributed by atoms with Crippen molar-refractivity contribution in [2.75, 3.05) is 11.9 Å². The number of nitrogens with zero attached hydrogens (tertiary/aromatic N) is 3. The molecule has 0 saturated heterocycles. The first-order valence-corrected chi connectivity index (χ1v) is 8.94. The van der Waals surface area contributed by atoms with Gasteiger partial charge in [0.2, 0.25) is 0 Å². The molecule has 4 rings (SSSR count). The maximum absolute atomic E-state index is 14.8. The normalized spacial score (nSPS) is 22.3. The van der Waals surface area contributed by atoms with E-state index >= 15 is 0 Å². The highest BCUT2D eigenvalue weighted by molar-refractivity contribution is 6.02. The van der Waals surface area contributed by atoms with Crippen molar-refractivity contribution in [3.05, 3.63) is 71.2 Å². The largest absolute Gasteiger partial charge is 0.497 e. The van der Waals surface area contributed by atoms with Gasteiger partial charge in [0.25, 0.3) is 5.91 Å². The van der Waals surface area contributed by atoms with Gasteiger partial charge >= 0.3 is 0 Å². The summed E-state index contributed by atoms with van der Waals surface area (Å²) < 4.78 is 25.8. The molecule has 2 atom stereocenters. The van der Waals surface area contributed by atoms with E-state index in [4.69, 9.17) is 14.7 Å². The molecule has 1 N–H and O–H groups in total. The van der Waals surface area contributed by atoms with Crippen molar-refractivity contribution in [3.63, 3.8) is 0 Å². The zero-order chi connectivity index (χ0) is 20.6. The van der Waals surface area contributed by atoms with Crippen LogP contribution in [0.2, 0.25) is 0 Å². The number of carbonyl (C=O) groups excluding carboxylic acids is 1. The van der Waals surface area contributed by atoms with Crippen molar-refractivity contribution in [1.82, 2.24) is 4.98 Å². The van der Waals surface area contributed by atoms with E-state index in [-0.39, 0.29) is 11.6 Å². The minimum absolute atomic E-state index is 0.149. The van der Waals surface area contributed by atoms with Crippen LogP contribution in [-0.4, -0.2) is 23.4 Å². The third-order valence-corrected chi connectivity index (χ3v) is 5.03.